The molecule has 1 aromatic carbocycles. The number of rotatable bonds is 5. The molecule has 0 spiro atoms. The van der Waals surface area contributed by atoms with Crippen LogP contribution in [0.3, 0.4) is 0 Å². The summed E-state index contributed by atoms with van der Waals surface area (Å²) in [5.74, 6) is 0.761. The van der Waals surface area contributed by atoms with Crippen molar-refractivity contribution < 1.29 is 0 Å². The van der Waals surface area contributed by atoms with Gasteiger partial charge in [0.2, 0.25) is 5.95 Å². The molecular formula is C18H24N4OS. The van der Waals surface area contributed by atoms with E-state index < -0.39 is 0 Å². The third-order valence-electron chi connectivity index (χ3n) is 4.39. The van der Waals surface area contributed by atoms with E-state index in [0.717, 1.165) is 24.2 Å². The Bertz CT molecular complexity index is 736. The standard InChI is InChI=1S/C18H24N4OS/c1-2-12-8-10-14(11-9-12)24-15-16(21-18(19)22-17(15)23)20-13-6-4-3-5-7-13/h8-11,13H,2-7H2,1H3,(H4,19,20,21,22,23). The quantitative estimate of drug-likeness (QED) is 0.768. The van der Waals surface area contributed by atoms with Gasteiger partial charge in [-0.3, -0.25) is 9.78 Å². The van der Waals surface area contributed by atoms with Crippen molar-refractivity contribution in [2.45, 2.75) is 61.3 Å². The van der Waals surface area contributed by atoms with Crippen LogP contribution >= 0.6 is 11.8 Å². The van der Waals surface area contributed by atoms with E-state index in [1.165, 1.54) is 36.6 Å². The number of nitrogen functional groups attached to an aromatic ring is 1. The van der Waals surface area contributed by atoms with Crippen LogP contribution in [-0.2, 0) is 6.42 Å². The third-order valence-corrected chi connectivity index (χ3v) is 5.48. The van der Waals surface area contributed by atoms with Gasteiger partial charge in [0.15, 0.2) is 0 Å². The molecule has 3 rings (SSSR count). The largest absolute Gasteiger partial charge is 0.369 e. The Labute approximate surface area is 146 Å². The monoisotopic (exact) mass is 344 g/mol. The number of nitrogens with zero attached hydrogens (tertiary/aromatic N) is 1. The molecule has 1 heterocycles. The summed E-state index contributed by atoms with van der Waals surface area (Å²) in [4.78, 5) is 21.0. The number of aromatic amines is 1. The van der Waals surface area contributed by atoms with Crippen molar-refractivity contribution in [3.8, 4) is 0 Å². The molecule has 0 saturated heterocycles. The van der Waals surface area contributed by atoms with Crippen LogP contribution in [-0.4, -0.2) is 16.0 Å². The van der Waals surface area contributed by atoms with E-state index >= 15 is 0 Å². The SMILES string of the molecule is CCc1ccc(Sc2c(NC3CCCCC3)nc(N)[nH]c2=O)cc1. The van der Waals surface area contributed by atoms with E-state index in [1.807, 2.05) is 12.1 Å². The zero-order chi connectivity index (χ0) is 16.9. The summed E-state index contributed by atoms with van der Waals surface area (Å²) < 4.78 is 0. The predicted molar refractivity (Wildman–Crippen MR) is 99.7 cm³/mol. The van der Waals surface area contributed by atoms with Crippen LogP contribution in [0.25, 0.3) is 0 Å². The average molecular weight is 344 g/mol. The number of nitrogens with one attached hydrogen (secondary N) is 2. The summed E-state index contributed by atoms with van der Waals surface area (Å²) in [7, 11) is 0. The zero-order valence-electron chi connectivity index (χ0n) is 14.0. The highest BCUT2D eigenvalue weighted by atomic mass is 32.2. The number of nitrogens with two attached hydrogens (primary N) is 1. The van der Waals surface area contributed by atoms with Crippen molar-refractivity contribution in [2.75, 3.05) is 11.1 Å². The van der Waals surface area contributed by atoms with Crippen LogP contribution < -0.4 is 16.6 Å². The van der Waals surface area contributed by atoms with Crippen LogP contribution in [0.2, 0.25) is 0 Å². The highest BCUT2D eigenvalue weighted by molar-refractivity contribution is 7.99. The summed E-state index contributed by atoms with van der Waals surface area (Å²) in [5.41, 5.74) is 6.84. The zero-order valence-corrected chi connectivity index (χ0v) is 14.8. The topological polar surface area (TPSA) is 83.8 Å². The molecule has 0 atom stereocenters. The molecule has 1 saturated carbocycles. The number of H-pyrrole nitrogens is 1. The lowest BCUT2D eigenvalue weighted by molar-refractivity contribution is 0.461. The summed E-state index contributed by atoms with van der Waals surface area (Å²) in [5, 5.41) is 3.44. The van der Waals surface area contributed by atoms with Crippen molar-refractivity contribution in [2.24, 2.45) is 0 Å². The molecule has 0 amide bonds. The lowest BCUT2D eigenvalue weighted by Crippen LogP contribution is -2.26. The van der Waals surface area contributed by atoms with Gasteiger partial charge in [-0.2, -0.15) is 4.98 Å². The molecule has 0 aliphatic heterocycles. The van der Waals surface area contributed by atoms with Crippen molar-refractivity contribution >= 4 is 23.5 Å². The fourth-order valence-electron chi connectivity index (χ4n) is 3.02. The van der Waals surface area contributed by atoms with Gasteiger partial charge < -0.3 is 11.1 Å². The van der Waals surface area contributed by atoms with Crippen LogP contribution in [0.5, 0.6) is 0 Å². The number of aromatic nitrogens is 2. The maximum Gasteiger partial charge on any atom is 0.268 e. The average Bonchev–Trinajstić information content (AvgIpc) is 2.59. The smallest absolute Gasteiger partial charge is 0.268 e. The Hall–Kier alpha value is -1.95. The Kier molecular flexibility index (Phi) is 5.45. The maximum atomic E-state index is 12.4. The molecule has 0 unspecified atom stereocenters. The van der Waals surface area contributed by atoms with Crippen molar-refractivity contribution in [1.82, 2.24) is 9.97 Å². The van der Waals surface area contributed by atoms with Crippen molar-refractivity contribution in [3.05, 3.63) is 40.2 Å². The molecule has 2 aromatic rings. The normalized spacial score (nSPS) is 15.4. The minimum Gasteiger partial charge on any atom is -0.369 e. The molecule has 1 aliphatic carbocycles. The van der Waals surface area contributed by atoms with Gasteiger partial charge in [-0.1, -0.05) is 50.1 Å². The predicted octanol–water partition coefficient (Wildman–Crippen LogP) is 3.81. The summed E-state index contributed by atoms with van der Waals surface area (Å²) >= 11 is 1.43. The second-order valence-electron chi connectivity index (χ2n) is 6.21. The number of benzene rings is 1. The Morgan fingerprint density at radius 2 is 1.96 bits per heavy atom. The van der Waals surface area contributed by atoms with E-state index in [2.05, 4.69) is 34.3 Å². The molecule has 1 aromatic heterocycles. The summed E-state index contributed by atoms with van der Waals surface area (Å²) in [6.07, 6.45) is 6.96. The van der Waals surface area contributed by atoms with Crippen molar-refractivity contribution in [1.29, 1.82) is 0 Å². The molecule has 24 heavy (non-hydrogen) atoms. The van der Waals surface area contributed by atoms with Gasteiger partial charge in [-0.25, -0.2) is 0 Å². The number of hydrogen-bond donors (Lipinski definition) is 3. The van der Waals surface area contributed by atoms with E-state index in [4.69, 9.17) is 5.73 Å². The molecule has 1 aliphatic rings. The molecular weight excluding hydrogens is 320 g/mol. The van der Waals surface area contributed by atoms with Gasteiger partial charge in [-0.15, -0.1) is 0 Å². The lowest BCUT2D eigenvalue weighted by Gasteiger charge is -2.24. The van der Waals surface area contributed by atoms with Gasteiger partial charge in [0.25, 0.3) is 5.56 Å². The first kappa shape index (κ1) is 16.9. The van der Waals surface area contributed by atoms with E-state index in [9.17, 15) is 4.79 Å². The second-order valence-corrected chi connectivity index (χ2v) is 7.29. The first-order valence-corrected chi connectivity index (χ1v) is 9.40. The van der Waals surface area contributed by atoms with Gasteiger partial charge in [0.1, 0.15) is 10.7 Å². The van der Waals surface area contributed by atoms with Crippen LogP contribution in [0.4, 0.5) is 11.8 Å². The van der Waals surface area contributed by atoms with Gasteiger partial charge in [-0.05, 0) is 37.0 Å². The highest BCUT2D eigenvalue weighted by Gasteiger charge is 2.18. The van der Waals surface area contributed by atoms with Gasteiger partial charge in [0, 0.05) is 10.9 Å². The van der Waals surface area contributed by atoms with E-state index in [0.29, 0.717) is 16.8 Å². The Balaban J connectivity index is 1.85. The molecule has 1 fully saturated rings. The molecule has 128 valence electrons. The van der Waals surface area contributed by atoms with Crippen LogP contribution in [0.15, 0.2) is 38.9 Å². The van der Waals surface area contributed by atoms with Gasteiger partial charge >= 0.3 is 0 Å². The molecule has 4 N–H and O–H groups in total. The van der Waals surface area contributed by atoms with Crippen molar-refractivity contribution in [3.63, 3.8) is 0 Å². The summed E-state index contributed by atoms with van der Waals surface area (Å²) in [6.45, 7) is 2.13. The molecule has 0 bridgehead atoms. The lowest BCUT2D eigenvalue weighted by atomic mass is 9.95. The highest BCUT2D eigenvalue weighted by Crippen LogP contribution is 2.31. The fraction of sp³-hybridized carbons (Fsp3) is 0.444. The number of aryl methyl sites for hydroxylation is 1. The first-order chi connectivity index (χ1) is 11.7. The number of hydrogen-bond acceptors (Lipinski definition) is 5. The number of anilines is 2. The molecule has 0 radical (unpaired) electrons. The third kappa shape index (κ3) is 4.12. The second kappa shape index (κ2) is 7.75. The minimum absolute atomic E-state index is 0.156. The van der Waals surface area contributed by atoms with E-state index in [-0.39, 0.29) is 11.5 Å². The minimum atomic E-state index is -0.189. The fourth-order valence-corrected chi connectivity index (χ4v) is 3.88. The summed E-state index contributed by atoms with van der Waals surface area (Å²) in [6, 6.07) is 8.65. The maximum absolute atomic E-state index is 12.4. The molecule has 5 nitrogen and oxygen atoms in total. The van der Waals surface area contributed by atoms with Crippen LogP contribution in [0.1, 0.15) is 44.6 Å². The Morgan fingerprint density at radius 1 is 1.25 bits per heavy atom. The Morgan fingerprint density at radius 3 is 2.62 bits per heavy atom. The molecule has 6 heteroatoms. The van der Waals surface area contributed by atoms with Crippen LogP contribution in [0, 0.1) is 0 Å². The van der Waals surface area contributed by atoms with Gasteiger partial charge in [0.05, 0.1) is 0 Å². The first-order valence-electron chi connectivity index (χ1n) is 8.59. The van der Waals surface area contributed by atoms with E-state index in [1.54, 1.807) is 0 Å².